The van der Waals surface area contributed by atoms with Crippen LogP contribution in [0.1, 0.15) is 12.0 Å². The second-order valence-corrected chi connectivity index (χ2v) is 7.45. The third-order valence-electron chi connectivity index (χ3n) is 3.73. The minimum absolute atomic E-state index is 0.0117. The maximum absolute atomic E-state index is 12.6. The van der Waals surface area contributed by atoms with Gasteiger partial charge >= 0.3 is 0 Å². The minimum Gasteiger partial charge on any atom is -0.493 e. The van der Waals surface area contributed by atoms with Crippen molar-refractivity contribution < 1.29 is 23.2 Å². The second kappa shape index (κ2) is 9.86. The molecule has 0 bridgehead atoms. The molecule has 1 unspecified atom stereocenters. The molecule has 0 aliphatic carbocycles. The Labute approximate surface area is 158 Å². The molecule has 0 aromatic heterocycles. The summed E-state index contributed by atoms with van der Waals surface area (Å²) >= 11 is 0. The molecule has 2 aromatic carbocycles. The molecule has 0 spiro atoms. The van der Waals surface area contributed by atoms with Gasteiger partial charge in [0, 0.05) is 0 Å². The maximum Gasteiger partial charge on any atom is 0.261 e. The molecule has 8 heteroatoms. The van der Waals surface area contributed by atoms with Crippen LogP contribution in [-0.2, 0) is 21.2 Å². The largest absolute Gasteiger partial charge is 0.493 e. The SMILES string of the molecule is C=CCCOc1ccc(S(=O)(=O)NC(Cc2ccccc2)C(=O)NO)cc1. The monoisotopic (exact) mass is 390 g/mol. The number of hydrogen-bond donors (Lipinski definition) is 3. The lowest BCUT2D eigenvalue weighted by Gasteiger charge is -2.17. The van der Waals surface area contributed by atoms with E-state index >= 15 is 0 Å². The zero-order valence-corrected chi connectivity index (χ0v) is 15.5. The van der Waals surface area contributed by atoms with Crippen molar-refractivity contribution in [3.05, 3.63) is 72.8 Å². The van der Waals surface area contributed by atoms with Crippen molar-refractivity contribution in [3.8, 4) is 5.75 Å². The third-order valence-corrected chi connectivity index (χ3v) is 5.22. The Morgan fingerprint density at radius 2 is 1.81 bits per heavy atom. The minimum atomic E-state index is -3.97. The van der Waals surface area contributed by atoms with E-state index in [-0.39, 0.29) is 11.3 Å². The molecule has 0 aliphatic rings. The standard InChI is InChI=1S/C19H22N2O5S/c1-2-3-13-26-16-9-11-17(12-10-16)27(24,25)21-18(19(22)20-23)14-15-7-5-4-6-8-15/h2,4-12,18,21,23H,1,3,13-14H2,(H,20,22). The highest BCUT2D eigenvalue weighted by Crippen LogP contribution is 2.17. The lowest BCUT2D eigenvalue weighted by molar-refractivity contribution is -0.130. The number of ether oxygens (including phenoxy) is 1. The van der Waals surface area contributed by atoms with Gasteiger partial charge in [0.1, 0.15) is 11.8 Å². The summed E-state index contributed by atoms with van der Waals surface area (Å²) in [7, 11) is -3.97. The van der Waals surface area contributed by atoms with E-state index in [4.69, 9.17) is 9.94 Å². The Morgan fingerprint density at radius 3 is 2.41 bits per heavy atom. The number of benzene rings is 2. The first-order valence-corrected chi connectivity index (χ1v) is 9.78. The van der Waals surface area contributed by atoms with Crippen LogP contribution in [0.3, 0.4) is 0 Å². The van der Waals surface area contributed by atoms with Crippen LogP contribution in [0.2, 0.25) is 0 Å². The quantitative estimate of drug-likeness (QED) is 0.249. The van der Waals surface area contributed by atoms with E-state index in [2.05, 4.69) is 11.3 Å². The molecule has 144 valence electrons. The average Bonchev–Trinajstić information content (AvgIpc) is 2.68. The summed E-state index contributed by atoms with van der Waals surface area (Å²) in [5.74, 6) is -0.309. The van der Waals surface area contributed by atoms with E-state index in [1.54, 1.807) is 30.3 Å². The third kappa shape index (κ3) is 6.21. The van der Waals surface area contributed by atoms with Crippen molar-refractivity contribution in [1.29, 1.82) is 0 Å². The zero-order chi connectivity index (χ0) is 19.7. The highest BCUT2D eigenvalue weighted by atomic mass is 32.2. The predicted octanol–water partition coefficient (Wildman–Crippen LogP) is 2.04. The van der Waals surface area contributed by atoms with Gasteiger partial charge in [0.25, 0.3) is 5.91 Å². The second-order valence-electron chi connectivity index (χ2n) is 5.74. The van der Waals surface area contributed by atoms with Gasteiger partial charge in [-0.25, -0.2) is 13.9 Å². The smallest absolute Gasteiger partial charge is 0.261 e. The van der Waals surface area contributed by atoms with Gasteiger partial charge in [0.05, 0.1) is 11.5 Å². The van der Waals surface area contributed by atoms with Crippen LogP contribution in [0.25, 0.3) is 0 Å². The summed E-state index contributed by atoms with van der Waals surface area (Å²) in [5.41, 5.74) is 2.25. The van der Waals surface area contributed by atoms with Gasteiger partial charge in [-0.2, -0.15) is 4.72 Å². The maximum atomic E-state index is 12.6. The van der Waals surface area contributed by atoms with Crippen LogP contribution in [0, 0.1) is 0 Å². The van der Waals surface area contributed by atoms with Gasteiger partial charge in [-0.1, -0.05) is 36.4 Å². The molecule has 0 aliphatic heterocycles. The molecule has 0 heterocycles. The predicted molar refractivity (Wildman–Crippen MR) is 101 cm³/mol. The summed E-state index contributed by atoms with van der Waals surface area (Å²) in [6.45, 7) is 4.05. The summed E-state index contributed by atoms with van der Waals surface area (Å²) in [6, 6.07) is 13.6. The number of carbonyl (C=O) groups is 1. The number of sulfonamides is 1. The van der Waals surface area contributed by atoms with Crippen molar-refractivity contribution in [1.82, 2.24) is 10.2 Å². The zero-order valence-electron chi connectivity index (χ0n) is 14.7. The van der Waals surface area contributed by atoms with Crippen LogP contribution >= 0.6 is 0 Å². The van der Waals surface area contributed by atoms with Gasteiger partial charge in [-0.15, -0.1) is 6.58 Å². The normalized spacial score (nSPS) is 12.2. The molecule has 0 saturated heterocycles. The topological polar surface area (TPSA) is 105 Å². The highest BCUT2D eigenvalue weighted by Gasteiger charge is 2.26. The molecule has 27 heavy (non-hydrogen) atoms. The van der Waals surface area contributed by atoms with Gasteiger partial charge in [0.15, 0.2) is 0 Å². The van der Waals surface area contributed by atoms with Gasteiger partial charge in [0.2, 0.25) is 10.0 Å². The first-order valence-electron chi connectivity index (χ1n) is 8.30. The summed E-state index contributed by atoms with van der Waals surface area (Å²) in [5, 5.41) is 8.93. The highest BCUT2D eigenvalue weighted by molar-refractivity contribution is 7.89. The van der Waals surface area contributed by atoms with Gasteiger partial charge in [-0.3, -0.25) is 10.0 Å². The Bertz CT molecular complexity index is 851. The molecule has 0 fully saturated rings. The Kier molecular flexibility index (Phi) is 7.54. The van der Waals surface area contributed by atoms with Crippen molar-refractivity contribution in [2.45, 2.75) is 23.8 Å². The van der Waals surface area contributed by atoms with Crippen molar-refractivity contribution in [3.63, 3.8) is 0 Å². The number of nitrogens with one attached hydrogen (secondary N) is 2. The summed E-state index contributed by atoms with van der Waals surface area (Å²) in [6.07, 6.45) is 2.50. The van der Waals surface area contributed by atoms with Crippen LogP contribution in [0.5, 0.6) is 5.75 Å². The first-order chi connectivity index (χ1) is 13.0. The van der Waals surface area contributed by atoms with Crippen molar-refractivity contribution in [2.24, 2.45) is 0 Å². The lowest BCUT2D eigenvalue weighted by atomic mass is 10.1. The van der Waals surface area contributed by atoms with Gasteiger partial charge in [-0.05, 0) is 42.7 Å². The van der Waals surface area contributed by atoms with E-state index in [1.807, 2.05) is 6.07 Å². The van der Waals surface area contributed by atoms with E-state index in [0.717, 1.165) is 5.56 Å². The van der Waals surface area contributed by atoms with E-state index in [9.17, 15) is 13.2 Å². The molecule has 1 atom stereocenters. The molecule has 2 rings (SSSR count). The number of hydroxylamine groups is 1. The van der Waals surface area contributed by atoms with Crippen LogP contribution in [-0.4, -0.2) is 32.2 Å². The molecule has 0 saturated carbocycles. The van der Waals surface area contributed by atoms with E-state index in [1.165, 1.54) is 29.7 Å². The fourth-order valence-electron chi connectivity index (χ4n) is 2.35. The Morgan fingerprint density at radius 1 is 1.15 bits per heavy atom. The molecule has 1 amide bonds. The van der Waals surface area contributed by atoms with Crippen LogP contribution in [0.4, 0.5) is 0 Å². The Balaban J connectivity index is 2.13. The molecule has 2 aromatic rings. The van der Waals surface area contributed by atoms with Crippen LogP contribution < -0.4 is 14.9 Å². The fourth-order valence-corrected chi connectivity index (χ4v) is 3.54. The van der Waals surface area contributed by atoms with Crippen molar-refractivity contribution in [2.75, 3.05) is 6.61 Å². The number of amides is 1. The summed E-state index contributed by atoms with van der Waals surface area (Å²) < 4.78 is 33.0. The number of carbonyl (C=O) groups excluding carboxylic acids is 1. The van der Waals surface area contributed by atoms with E-state index < -0.39 is 22.0 Å². The van der Waals surface area contributed by atoms with Crippen molar-refractivity contribution >= 4 is 15.9 Å². The van der Waals surface area contributed by atoms with E-state index in [0.29, 0.717) is 18.8 Å². The van der Waals surface area contributed by atoms with Gasteiger partial charge < -0.3 is 4.74 Å². The number of hydrogen-bond acceptors (Lipinski definition) is 5. The molecule has 0 radical (unpaired) electrons. The summed E-state index contributed by atoms with van der Waals surface area (Å²) in [4.78, 5) is 11.9. The molecule has 7 nitrogen and oxygen atoms in total. The number of rotatable bonds is 10. The molecular formula is C19H22N2O5S. The lowest BCUT2D eigenvalue weighted by Crippen LogP contribution is -2.47. The fraction of sp³-hybridized carbons (Fsp3) is 0.211. The Hall–Kier alpha value is -2.68. The average molecular weight is 390 g/mol. The molecular weight excluding hydrogens is 368 g/mol. The van der Waals surface area contributed by atoms with Crippen LogP contribution in [0.15, 0.2) is 72.1 Å². The first kappa shape index (κ1) is 20.6. The molecule has 3 N–H and O–H groups in total.